The topological polar surface area (TPSA) is 93.9 Å². The zero-order valence-corrected chi connectivity index (χ0v) is 17.3. The SMILES string of the molecule is CCSc1nc(NCC(C)c2ccccc2)c(C=N)c(Nc2cccc(O)c2)n1. The van der Waals surface area contributed by atoms with Gasteiger partial charge in [0.2, 0.25) is 0 Å². The molecule has 6 nitrogen and oxygen atoms in total. The molecule has 0 saturated carbocycles. The van der Waals surface area contributed by atoms with Gasteiger partial charge in [-0.3, -0.25) is 0 Å². The number of nitrogens with one attached hydrogen (secondary N) is 3. The number of anilines is 3. The second-order valence-electron chi connectivity index (χ2n) is 6.56. The van der Waals surface area contributed by atoms with Crippen LogP contribution in [0.25, 0.3) is 0 Å². The van der Waals surface area contributed by atoms with Gasteiger partial charge in [-0.1, -0.05) is 62.0 Å². The maximum absolute atomic E-state index is 9.73. The van der Waals surface area contributed by atoms with Gasteiger partial charge in [0.15, 0.2) is 5.16 Å². The number of aromatic nitrogens is 2. The Morgan fingerprint density at radius 3 is 2.55 bits per heavy atom. The van der Waals surface area contributed by atoms with Crippen molar-refractivity contribution in [3.63, 3.8) is 0 Å². The molecule has 1 unspecified atom stereocenters. The minimum absolute atomic E-state index is 0.165. The lowest BCUT2D eigenvalue weighted by atomic mass is 10.0. The highest BCUT2D eigenvalue weighted by molar-refractivity contribution is 7.99. The molecule has 3 aromatic rings. The van der Waals surface area contributed by atoms with Gasteiger partial charge in [0, 0.05) is 24.5 Å². The smallest absolute Gasteiger partial charge is 0.191 e. The van der Waals surface area contributed by atoms with Gasteiger partial charge < -0.3 is 21.1 Å². The average Bonchev–Trinajstić information content (AvgIpc) is 2.73. The predicted molar refractivity (Wildman–Crippen MR) is 121 cm³/mol. The van der Waals surface area contributed by atoms with E-state index in [4.69, 9.17) is 5.41 Å². The third-order valence-electron chi connectivity index (χ3n) is 4.40. The van der Waals surface area contributed by atoms with Gasteiger partial charge in [-0.05, 0) is 29.4 Å². The van der Waals surface area contributed by atoms with E-state index in [1.807, 2.05) is 31.2 Å². The number of thioether (sulfide) groups is 1. The zero-order valence-electron chi connectivity index (χ0n) is 16.5. The number of phenolic OH excluding ortho intramolecular Hbond substituents is 1. The molecule has 3 rings (SSSR count). The molecule has 0 aliphatic carbocycles. The van der Waals surface area contributed by atoms with Gasteiger partial charge >= 0.3 is 0 Å². The normalized spacial score (nSPS) is 11.7. The molecule has 1 atom stereocenters. The van der Waals surface area contributed by atoms with Crippen LogP contribution in [-0.4, -0.2) is 33.6 Å². The first-order valence-corrected chi connectivity index (χ1v) is 10.5. The lowest BCUT2D eigenvalue weighted by Crippen LogP contribution is -2.14. The van der Waals surface area contributed by atoms with E-state index >= 15 is 0 Å². The summed E-state index contributed by atoms with van der Waals surface area (Å²) in [4.78, 5) is 9.19. The molecule has 0 amide bonds. The van der Waals surface area contributed by atoms with Crippen molar-refractivity contribution < 1.29 is 5.11 Å². The molecule has 1 heterocycles. The lowest BCUT2D eigenvalue weighted by molar-refractivity contribution is 0.475. The Hall–Kier alpha value is -3.06. The maximum atomic E-state index is 9.73. The summed E-state index contributed by atoms with van der Waals surface area (Å²) < 4.78 is 0. The van der Waals surface area contributed by atoms with E-state index in [2.05, 4.69) is 39.7 Å². The summed E-state index contributed by atoms with van der Waals surface area (Å²) in [5, 5.41) is 24.9. The number of nitrogens with zero attached hydrogens (tertiary/aromatic N) is 2. The lowest BCUT2D eigenvalue weighted by Gasteiger charge is -2.17. The van der Waals surface area contributed by atoms with E-state index in [9.17, 15) is 5.11 Å². The van der Waals surface area contributed by atoms with Crippen LogP contribution < -0.4 is 10.6 Å². The fourth-order valence-electron chi connectivity index (χ4n) is 2.88. The van der Waals surface area contributed by atoms with Gasteiger partial charge in [-0.15, -0.1) is 0 Å². The first kappa shape index (κ1) is 20.7. The molecule has 0 radical (unpaired) electrons. The third kappa shape index (κ3) is 5.48. The Bertz CT molecular complexity index is 965. The van der Waals surface area contributed by atoms with E-state index < -0.39 is 0 Å². The minimum atomic E-state index is 0.165. The van der Waals surface area contributed by atoms with Crippen LogP contribution in [0.4, 0.5) is 17.3 Å². The fraction of sp³-hybridized carbons (Fsp3) is 0.227. The van der Waals surface area contributed by atoms with Crippen LogP contribution >= 0.6 is 11.8 Å². The summed E-state index contributed by atoms with van der Waals surface area (Å²) in [6.45, 7) is 4.89. The van der Waals surface area contributed by atoms with Crippen molar-refractivity contribution in [1.29, 1.82) is 5.41 Å². The molecular formula is C22H25N5OS. The largest absolute Gasteiger partial charge is 0.508 e. The molecule has 1 aromatic heterocycles. The first-order valence-electron chi connectivity index (χ1n) is 9.51. The summed E-state index contributed by atoms with van der Waals surface area (Å²) in [6.07, 6.45) is 1.25. The molecule has 150 valence electrons. The molecule has 0 saturated heterocycles. The number of rotatable bonds is 9. The second-order valence-corrected chi connectivity index (χ2v) is 7.79. The molecule has 29 heavy (non-hydrogen) atoms. The van der Waals surface area contributed by atoms with Crippen LogP contribution in [0, 0.1) is 5.41 Å². The number of hydrogen-bond acceptors (Lipinski definition) is 7. The average molecular weight is 408 g/mol. The number of phenols is 1. The minimum Gasteiger partial charge on any atom is -0.508 e. The standard InChI is InChI=1S/C22H25N5OS/c1-3-29-22-26-20(24-14-15(2)16-8-5-4-6-9-16)19(13-23)21(27-22)25-17-10-7-11-18(28)12-17/h4-13,15,23,28H,3,14H2,1-2H3,(H2,24,25,26,27). The Morgan fingerprint density at radius 1 is 1.10 bits per heavy atom. The van der Waals surface area contributed by atoms with Crippen LogP contribution in [0.1, 0.15) is 30.9 Å². The van der Waals surface area contributed by atoms with Crippen molar-refractivity contribution in [2.75, 3.05) is 22.9 Å². The van der Waals surface area contributed by atoms with E-state index in [1.54, 1.807) is 30.0 Å². The Kier molecular flexibility index (Phi) is 7.08. The van der Waals surface area contributed by atoms with Crippen molar-refractivity contribution >= 4 is 35.3 Å². The number of hydrogen-bond donors (Lipinski definition) is 4. The van der Waals surface area contributed by atoms with Crippen molar-refractivity contribution in [2.24, 2.45) is 0 Å². The molecule has 0 aliphatic rings. The Labute approximate surface area is 175 Å². The summed E-state index contributed by atoms with van der Waals surface area (Å²) in [6, 6.07) is 17.1. The first-order chi connectivity index (χ1) is 14.1. The van der Waals surface area contributed by atoms with Crippen LogP contribution in [0.2, 0.25) is 0 Å². The van der Waals surface area contributed by atoms with Crippen molar-refractivity contribution in [2.45, 2.75) is 24.9 Å². The Morgan fingerprint density at radius 2 is 1.86 bits per heavy atom. The van der Waals surface area contributed by atoms with E-state index in [1.165, 1.54) is 11.8 Å². The second kappa shape index (κ2) is 9.93. The monoisotopic (exact) mass is 407 g/mol. The summed E-state index contributed by atoms with van der Waals surface area (Å²) >= 11 is 1.54. The van der Waals surface area contributed by atoms with Gasteiger partial charge in [0.1, 0.15) is 17.4 Å². The van der Waals surface area contributed by atoms with Crippen LogP contribution in [0.5, 0.6) is 5.75 Å². The molecule has 2 aromatic carbocycles. The van der Waals surface area contributed by atoms with Gasteiger partial charge in [-0.25, -0.2) is 9.97 Å². The molecular weight excluding hydrogens is 382 g/mol. The quantitative estimate of drug-likeness (QED) is 0.220. The Balaban J connectivity index is 1.88. The third-order valence-corrected chi connectivity index (χ3v) is 5.13. The van der Waals surface area contributed by atoms with E-state index in [0.29, 0.717) is 34.6 Å². The number of benzene rings is 2. The van der Waals surface area contributed by atoms with E-state index in [-0.39, 0.29) is 11.7 Å². The van der Waals surface area contributed by atoms with Crippen LogP contribution in [0.15, 0.2) is 59.8 Å². The molecule has 0 fully saturated rings. The summed E-state index contributed by atoms with van der Waals surface area (Å²) in [5.41, 5.74) is 2.52. The van der Waals surface area contributed by atoms with E-state index in [0.717, 1.165) is 5.75 Å². The predicted octanol–water partition coefficient (Wildman–Crippen LogP) is 5.25. The molecule has 4 N–H and O–H groups in total. The van der Waals surface area contributed by atoms with Crippen LogP contribution in [-0.2, 0) is 0 Å². The molecule has 0 spiro atoms. The van der Waals surface area contributed by atoms with Gasteiger partial charge in [0.25, 0.3) is 0 Å². The molecule has 7 heteroatoms. The number of aromatic hydroxyl groups is 1. The van der Waals surface area contributed by atoms with Crippen molar-refractivity contribution in [3.8, 4) is 5.75 Å². The summed E-state index contributed by atoms with van der Waals surface area (Å²) in [5.74, 6) is 2.45. The summed E-state index contributed by atoms with van der Waals surface area (Å²) in [7, 11) is 0. The fourth-order valence-corrected chi connectivity index (χ4v) is 3.45. The van der Waals surface area contributed by atoms with Gasteiger partial charge in [0.05, 0.1) is 5.56 Å². The highest BCUT2D eigenvalue weighted by Gasteiger charge is 2.15. The van der Waals surface area contributed by atoms with Gasteiger partial charge in [-0.2, -0.15) is 0 Å². The molecule has 0 bridgehead atoms. The highest BCUT2D eigenvalue weighted by Crippen LogP contribution is 2.28. The molecule has 0 aliphatic heterocycles. The highest BCUT2D eigenvalue weighted by atomic mass is 32.2. The van der Waals surface area contributed by atoms with Crippen molar-refractivity contribution in [3.05, 3.63) is 65.7 Å². The van der Waals surface area contributed by atoms with Crippen molar-refractivity contribution in [1.82, 2.24) is 9.97 Å². The maximum Gasteiger partial charge on any atom is 0.191 e. The van der Waals surface area contributed by atoms with Crippen LogP contribution in [0.3, 0.4) is 0 Å². The zero-order chi connectivity index (χ0) is 20.6.